The number of para-hydroxylation sites is 1. The molecular formula is C16H18BrNO2. The Balaban J connectivity index is 1.88. The number of ether oxygens (including phenoxy) is 2. The molecular weight excluding hydrogens is 318 g/mol. The van der Waals surface area contributed by atoms with Gasteiger partial charge in [-0.15, -0.1) is 0 Å². The molecule has 0 fully saturated rings. The van der Waals surface area contributed by atoms with Gasteiger partial charge in [-0.3, -0.25) is 0 Å². The molecule has 0 amide bonds. The van der Waals surface area contributed by atoms with Gasteiger partial charge in [0.25, 0.3) is 0 Å². The van der Waals surface area contributed by atoms with Crippen LogP contribution in [0.15, 0.2) is 53.0 Å². The highest BCUT2D eigenvalue weighted by atomic mass is 79.9. The van der Waals surface area contributed by atoms with Crippen molar-refractivity contribution in [2.45, 2.75) is 12.5 Å². The van der Waals surface area contributed by atoms with E-state index in [4.69, 9.17) is 15.2 Å². The smallest absolute Gasteiger partial charge is 0.133 e. The van der Waals surface area contributed by atoms with Gasteiger partial charge in [0.05, 0.1) is 11.6 Å². The van der Waals surface area contributed by atoms with Crippen molar-refractivity contribution in [1.29, 1.82) is 0 Å². The summed E-state index contributed by atoms with van der Waals surface area (Å²) in [6.45, 7) is 0.494. The van der Waals surface area contributed by atoms with Crippen LogP contribution in [0, 0.1) is 0 Å². The first-order valence-electron chi connectivity index (χ1n) is 6.45. The minimum absolute atomic E-state index is 0.0458. The Hall–Kier alpha value is -1.52. The minimum atomic E-state index is -0.0458. The van der Waals surface area contributed by atoms with Gasteiger partial charge in [0, 0.05) is 6.04 Å². The SMILES string of the molecule is COc1ccc(CC(N)COc2ccccc2)cc1Br. The zero-order valence-corrected chi connectivity index (χ0v) is 13.0. The molecule has 3 nitrogen and oxygen atoms in total. The third-order valence-electron chi connectivity index (χ3n) is 2.92. The van der Waals surface area contributed by atoms with Gasteiger partial charge in [0.2, 0.25) is 0 Å². The van der Waals surface area contributed by atoms with Crippen molar-refractivity contribution in [2.24, 2.45) is 5.73 Å². The lowest BCUT2D eigenvalue weighted by atomic mass is 10.1. The summed E-state index contributed by atoms with van der Waals surface area (Å²) in [5.41, 5.74) is 7.26. The molecule has 0 saturated heterocycles. The highest BCUT2D eigenvalue weighted by Crippen LogP contribution is 2.25. The minimum Gasteiger partial charge on any atom is -0.496 e. The zero-order valence-electron chi connectivity index (χ0n) is 11.4. The molecule has 1 unspecified atom stereocenters. The summed E-state index contributed by atoms with van der Waals surface area (Å²) in [5.74, 6) is 1.67. The van der Waals surface area contributed by atoms with E-state index in [1.54, 1.807) is 7.11 Å². The van der Waals surface area contributed by atoms with Crippen LogP contribution in [0.3, 0.4) is 0 Å². The van der Waals surface area contributed by atoms with Crippen molar-refractivity contribution in [1.82, 2.24) is 0 Å². The van der Waals surface area contributed by atoms with Crippen LogP contribution in [0.1, 0.15) is 5.56 Å². The molecule has 106 valence electrons. The Labute approximate surface area is 127 Å². The molecule has 0 radical (unpaired) electrons. The van der Waals surface area contributed by atoms with Gasteiger partial charge in [0.1, 0.15) is 18.1 Å². The van der Waals surface area contributed by atoms with Crippen LogP contribution in [0.4, 0.5) is 0 Å². The molecule has 2 rings (SSSR count). The molecule has 0 spiro atoms. The predicted molar refractivity (Wildman–Crippen MR) is 84.3 cm³/mol. The first kappa shape index (κ1) is 14.9. The van der Waals surface area contributed by atoms with Crippen molar-refractivity contribution in [3.8, 4) is 11.5 Å². The van der Waals surface area contributed by atoms with Gasteiger partial charge in [-0.25, -0.2) is 0 Å². The van der Waals surface area contributed by atoms with Crippen LogP contribution < -0.4 is 15.2 Å². The summed E-state index contributed by atoms with van der Waals surface area (Å²) in [6.07, 6.45) is 0.759. The molecule has 0 saturated carbocycles. The quantitative estimate of drug-likeness (QED) is 0.879. The molecule has 0 aliphatic rings. The molecule has 2 N–H and O–H groups in total. The number of rotatable bonds is 6. The Morgan fingerprint density at radius 1 is 1.15 bits per heavy atom. The van der Waals surface area contributed by atoms with E-state index >= 15 is 0 Å². The maximum absolute atomic E-state index is 6.10. The Morgan fingerprint density at radius 2 is 1.90 bits per heavy atom. The molecule has 0 heterocycles. The van der Waals surface area contributed by atoms with Gasteiger partial charge < -0.3 is 15.2 Å². The molecule has 0 bridgehead atoms. The van der Waals surface area contributed by atoms with Crippen LogP contribution in [0.25, 0.3) is 0 Å². The summed E-state index contributed by atoms with van der Waals surface area (Å²) in [6, 6.07) is 15.6. The molecule has 2 aromatic rings. The molecule has 1 atom stereocenters. The topological polar surface area (TPSA) is 44.5 Å². The summed E-state index contributed by atoms with van der Waals surface area (Å²) < 4.78 is 11.8. The normalized spacial score (nSPS) is 11.9. The van der Waals surface area contributed by atoms with E-state index in [2.05, 4.69) is 15.9 Å². The standard InChI is InChI=1S/C16H18BrNO2/c1-19-16-8-7-12(10-15(16)17)9-13(18)11-20-14-5-3-2-4-6-14/h2-8,10,13H,9,11,18H2,1H3. The number of methoxy groups -OCH3 is 1. The number of benzene rings is 2. The van der Waals surface area contributed by atoms with Crippen molar-refractivity contribution in [3.05, 3.63) is 58.6 Å². The lowest BCUT2D eigenvalue weighted by Crippen LogP contribution is -2.30. The van der Waals surface area contributed by atoms with Crippen LogP contribution in [-0.4, -0.2) is 19.8 Å². The molecule has 0 aromatic heterocycles. The maximum atomic E-state index is 6.10. The number of halogens is 1. The van der Waals surface area contributed by atoms with Gasteiger partial charge in [0.15, 0.2) is 0 Å². The predicted octanol–water partition coefficient (Wildman–Crippen LogP) is 3.41. The summed E-state index contributed by atoms with van der Waals surface area (Å²) in [4.78, 5) is 0. The fourth-order valence-corrected chi connectivity index (χ4v) is 2.51. The van der Waals surface area contributed by atoms with Crippen LogP contribution in [-0.2, 0) is 6.42 Å². The van der Waals surface area contributed by atoms with Gasteiger partial charge in [-0.2, -0.15) is 0 Å². The first-order chi connectivity index (χ1) is 9.69. The van der Waals surface area contributed by atoms with Crippen molar-refractivity contribution < 1.29 is 9.47 Å². The lowest BCUT2D eigenvalue weighted by Gasteiger charge is -2.14. The highest BCUT2D eigenvalue weighted by Gasteiger charge is 2.07. The Bertz CT molecular complexity index is 545. The van der Waals surface area contributed by atoms with E-state index in [-0.39, 0.29) is 6.04 Å². The fraction of sp³-hybridized carbons (Fsp3) is 0.250. The second-order valence-corrected chi connectivity index (χ2v) is 5.41. The van der Waals surface area contributed by atoms with Crippen molar-refractivity contribution in [3.63, 3.8) is 0 Å². The molecule has 0 aliphatic heterocycles. The monoisotopic (exact) mass is 335 g/mol. The maximum Gasteiger partial charge on any atom is 0.133 e. The third-order valence-corrected chi connectivity index (χ3v) is 3.54. The number of nitrogens with two attached hydrogens (primary N) is 1. The van der Waals surface area contributed by atoms with Crippen molar-refractivity contribution in [2.75, 3.05) is 13.7 Å². The second-order valence-electron chi connectivity index (χ2n) is 4.56. The first-order valence-corrected chi connectivity index (χ1v) is 7.24. The summed E-state index contributed by atoms with van der Waals surface area (Å²) >= 11 is 3.48. The van der Waals surface area contributed by atoms with Crippen LogP contribution >= 0.6 is 15.9 Å². The summed E-state index contributed by atoms with van der Waals surface area (Å²) in [7, 11) is 1.65. The van der Waals surface area contributed by atoms with E-state index < -0.39 is 0 Å². The van der Waals surface area contributed by atoms with E-state index in [0.29, 0.717) is 6.61 Å². The molecule has 4 heteroatoms. The van der Waals surface area contributed by atoms with E-state index in [1.807, 2.05) is 48.5 Å². The fourth-order valence-electron chi connectivity index (χ4n) is 1.92. The van der Waals surface area contributed by atoms with E-state index in [0.717, 1.165) is 28.0 Å². The number of hydrogen-bond donors (Lipinski definition) is 1. The van der Waals surface area contributed by atoms with E-state index in [1.165, 1.54) is 0 Å². The summed E-state index contributed by atoms with van der Waals surface area (Å²) in [5, 5.41) is 0. The molecule has 2 aromatic carbocycles. The molecule has 20 heavy (non-hydrogen) atoms. The van der Waals surface area contributed by atoms with Gasteiger partial charge in [-0.05, 0) is 52.2 Å². The zero-order chi connectivity index (χ0) is 14.4. The Morgan fingerprint density at radius 3 is 2.55 bits per heavy atom. The average molecular weight is 336 g/mol. The van der Waals surface area contributed by atoms with Crippen LogP contribution in [0.5, 0.6) is 11.5 Å². The average Bonchev–Trinajstić information content (AvgIpc) is 2.46. The van der Waals surface area contributed by atoms with Gasteiger partial charge >= 0.3 is 0 Å². The molecule has 0 aliphatic carbocycles. The van der Waals surface area contributed by atoms with E-state index in [9.17, 15) is 0 Å². The Kier molecular flexibility index (Phi) is 5.44. The van der Waals surface area contributed by atoms with Crippen molar-refractivity contribution >= 4 is 15.9 Å². The second kappa shape index (κ2) is 7.31. The van der Waals surface area contributed by atoms with Crippen LogP contribution in [0.2, 0.25) is 0 Å². The highest BCUT2D eigenvalue weighted by molar-refractivity contribution is 9.10. The number of hydrogen-bond acceptors (Lipinski definition) is 3. The third kappa shape index (κ3) is 4.25. The van der Waals surface area contributed by atoms with Gasteiger partial charge in [-0.1, -0.05) is 24.3 Å². The largest absolute Gasteiger partial charge is 0.496 e. The lowest BCUT2D eigenvalue weighted by molar-refractivity contribution is 0.287.